The zero-order chi connectivity index (χ0) is 10.8. The van der Waals surface area contributed by atoms with E-state index in [0.29, 0.717) is 11.7 Å². The van der Waals surface area contributed by atoms with Gasteiger partial charge < -0.3 is 4.57 Å². The van der Waals surface area contributed by atoms with Crippen LogP contribution in [0.1, 0.15) is 30.1 Å². The molecule has 1 aliphatic rings. The van der Waals surface area contributed by atoms with Gasteiger partial charge in [0.2, 0.25) is 0 Å². The third-order valence-corrected chi connectivity index (χ3v) is 2.97. The molecule has 2 nitrogen and oxygen atoms in total. The number of halogens is 1. The van der Waals surface area contributed by atoms with E-state index in [1.54, 1.807) is 5.54 Å². The Labute approximate surface area is 94.5 Å². The molecule has 80 valence electrons. The largest absolute Gasteiger partial charge is 0.349 e. The summed E-state index contributed by atoms with van der Waals surface area (Å²) in [5.74, 6) is 0.590. The monoisotopic (exact) mass is 223 g/mol. The van der Waals surface area contributed by atoms with Crippen molar-refractivity contribution in [2.24, 2.45) is 5.92 Å². The molecule has 0 bridgehead atoms. The summed E-state index contributed by atoms with van der Waals surface area (Å²) in [4.78, 5) is 11.7. The standard InChI is InChI=1S/C12H14ClNO/c1-9(6-13)7-14-5-4-11(8-14)12(15)10-2-3-10/h4-6,8,10H,2-3,7H2,1H3/b9-6-. The third-order valence-electron chi connectivity index (χ3n) is 2.60. The minimum absolute atomic E-state index is 0.293. The van der Waals surface area contributed by atoms with Crippen LogP contribution in [0.25, 0.3) is 0 Å². The number of aromatic nitrogens is 1. The molecular formula is C12H14ClNO. The molecule has 1 aromatic heterocycles. The first-order chi connectivity index (χ1) is 7.20. The summed E-state index contributed by atoms with van der Waals surface area (Å²) in [7, 11) is 0. The molecule has 15 heavy (non-hydrogen) atoms. The van der Waals surface area contributed by atoms with E-state index in [9.17, 15) is 4.79 Å². The van der Waals surface area contributed by atoms with E-state index in [0.717, 1.165) is 30.5 Å². The molecule has 1 aliphatic carbocycles. The lowest BCUT2D eigenvalue weighted by Gasteiger charge is -2.00. The van der Waals surface area contributed by atoms with Crippen molar-refractivity contribution in [3.63, 3.8) is 0 Å². The van der Waals surface area contributed by atoms with E-state index in [-0.39, 0.29) is 0 Å². The summed E-state index contributed by atoms with van der Waals surface area (Å²) in [6.07, 6.45) is 5.96. The SMILES string of the molecule is C/C(=C/Cl)Cn1ccc(C(=O)C2CC2)c1. The van der Waals surface area contributed by atoms with Crippen LogP contribution in [0.3, 0.4) is 0 Å². The number of hydrogen-bond acceptors (Lipinski definition) is 1. The highest BCUT2D eigenvalue weighted by atomic mass is 35.5. The Kier molecular flexibility index (Phi) is 2.96. The second-order valence-corrected chi connectivity index (χ2v) is 4.38. The van der Waals surface area contributed by atoms with Gasteiger partial charge in [-0.2, -0.15) is 0 Å². The van der Waals surface area contributed by atoms with Crippen molar-refractivity contribution in [3.8, 4) is 0 Å². The van der Waals surface area contributed by atoms with Crippen LogP contribution < -0.4 is 0 Å². The normalized spacial score (nSPS) is 16.8. The van der Waals surface area contributed by atoms with Crippen molar-refractivity contribution in [1.82, 2.24) is 4.57 Å². The summed E-state index contributed by atoms with van der Waals surface area (Å²) in [6.45, 7) is 2.72. The Bertz CT molecular complexity index is 402. The van der Waals surface area contributed by atoms with Crippen molar-refractivity contribution in [1.29, 1.82) is 0 Å². The average Bonchev–Trinajstić information content (AvgIpc) is 2.98. The number of rotatable bonds is 4. The van der Waals surface area contributed by atoms with Crippen molar-refractivity contribution < 1.29 is 4.79 Å². The molecule has 0 radical (unpaired) electrons. The number of ketones is 1. The Morgan fingerprint density at radius 3 is 3.00 bits per heavy atom. The van der Waals surface area contributed by atoms with E-state index in [2.05, 4.69) is 0 Å². The zero-order valence-electron chi connectivity index (χ0n) is 8.74. The highest BCUT2D eigenvalue weighted by Gasteiger charge is 2.30. The summed E-state index contributed by atoms with van der Waals surface area (Å²) < 4.78 is 1.99. The predicted octanol–water partition coefficient (Wildman–Crippen LogP) is 3.22. The second kappa shape index (κ2) is 4.23. The minimum Gasteiger partial charge on any atom is -0.349 e. The molecule has 3 heteroatoms. The molecule has 0 unspecified atom stereocenters. The van der Waals surface area contributed by atoms with Crippen LogP contribution in [0.5, 0.6) is 0 Å². The third kappa shape index (κ3) is 2.51. The molecular weight excluding hydrogens is 210 g/mol. The maximum atomic E-state index is 11.7. The number of Topliss-reactive ketones (excluding diaryl/α,β-unsaturated/α-hetero) is 1. The van der Waals surface area contributed by atoms with E-state index in [1.807, 2.05) is 30.0 Å². The second-order valence-electron chi connectivity index (χ2n) is 4.17. The summed E-state index contributed by atoms with van der Waals surface area (Å²) in [5.41, 5.74) is 3.49. The van der Waals surface area contributed by atoms with Gasteiger partial charge in [0.05, 0.1) is 0 Å². The fraction of sp³-hybridized carbons (Fsp3) is 0.417. The van der Waals surface area contributed by atoms with Gasteiger partial charge in [-0.1, -0.05) is 11.6 Å². The molecule has 1 aromatic rings. The quantitative estimate of drug-likeness (QED) is 0.719. The molecule has 1 heterocycles. The first kappa shape index (κ1) is 10.5. The number of allylic oxidation sites excluding steroid dienone is 1. The molecule has 0 aliphatic heterocycles. The van der Waals surface area contributed by atoms with Crippen molar-refractivity contribution in [3.05, 3.63) is 35.1 Å². The fourth-order valence-corrected chi connectivity index (χ4v) is 1.66. The molecule has 0 spiro atoms. The van der Waals surface area contributed by atoms with Crippen LogP contribution in [-0.2, 0) is 6.54 Å². The smallest absolute Gasteiger partial charge is 0.167 e. The van der Waals surface area contributed by atoms with Gasteiger partial charge in [-0.25, -0.2) is 0 Å². The van der Waals surface area contributed by atoms with E-state index < -0.39 is 0 Å². The molecule has 0 amide bonds. The topological polar surface area (TPSA) is 22.0 Å². The molecule has 0 N–H and O–H groups in total. The summed E-state index contributed by atoms with van der Waals surface area (Å²) >= 11 is 5.59. The van der Waals surface area contributed by atoms with Crippen LogP contribution in [0, 0.1) is 5.92 Å². The molecule has 2 rings (SSSR count). The fourth-order valence-electron chi connectivity index (χ4n) is 1.59. The van der Waals surface area contributed by atoms with Crippen LogP contribution >= 0.6 is 11.6 Å². The maximum absolute atomic E-state index is 11.7. The zero-order valence-corrected chi connectivity index (χ0v) is 9.50. The lowest BCUT2D eigenvalue weighted by molar-refractivity contribution is 0.0967. The number of carbonyl (C=O) groups excluding carboxylic acids is 1. The van der Waals surface area contributed by atoms with E-state index >= 15 is 0 Å². The summed E-state index contributed by atoms with van der Waals surface area (Å²) in [5, 5.41) is 0. The predicted molar refractivity (Wildman–Crippen MR) is 61.1 cm³/mol. The average molecular weight is 224 g/mol. The number of carbonyl (C=O) groups is 1. The van der Waals surface area contributed by atoms with Crippen LogP contribution in [0.4, 0.5) is 0 Å². The van der Waals surface area contributed by atoms with Gasteiger partial charge in [0.15, 0.2) is 5.78 Å². The lowest BCUT2D eigenvalue weighted by atomic mass is 10.1. The van der Waals surface area contributed by atoms with Gasteiger partial charge in [0, 0.05) is 36.0 Å². The van der Waals surface area contributed by atoms with Gasteiger partial charge >= 0.3 is 0 Å². The van der Waals surface area contributed by atoms with Crippen molar-refractivity contribution >= 4 is 17.4 Å². The van der Waals surface area contributed by atoms with Gasteiger partial charge in [-0.3, -0.25) is 4.79 Å². The summed E-state index contributed by atoms with van der Waals surface area (Å²) in [6, 6.07) is 1.89. The van der Waals surface area contributed by atoms with Crippen molar-refractivity contribution in [2.45, 2.75) is 26.3 Å². The van der Waals surface area contributed by atoms with E-state index in [1.165, 1.54) is 0 Å². The van der Waals surface area contributed by atoms with Crippen LogP contribution in [-0.4, -0.2) is 10.4 Å². The number of hydrogen-bond donors (Lipinski definition) is 0. The van der Waals surface area contributed by atoms with Gasteiger partial charge in [-0.15, -0.1) is 0 Å². The first-order valence-corrected chi connectivity index (χ1v) is 5.60. The Morgan fingerprint density at radius 1 is 1.67 bits per heavy atom. The molecule has 1 saturated carbocycles. The Hall–Kier alpha value is -1.02. The first-order valence-electron chi connectivity index (χ1n) is 5.16. The molecule has 0 saturated heterocycles. The maximum Gasteiger partial charge on any atom is 0.167 e. The Balaban J connectivity index is 2.06. The van der Waals surface area contributed by atoms with Crippen molar-refractivity contribution in [2.75, 3.05) is 0 Å². The highest BCUT2D eigenvalue weighted by molar-refractivity contribution is 6.25. The molecule has 0 atom stereocenters. The molecule has 1 fully saturated rings. The highest BCUT2D eigenvalue weighted by Crippen LogP contribution is 2.32. The van der Waals surface area contributed by atoms with Gasteiger partial charge in [0.25, 0.3) is 0 Å². The van der Waals surface area contributed by atoms with Gasteiger partial charge in [0.1, 0.15) is 0 Å². The Morgan fingerprint density at radius 2 is 2.40 bits per heavy atom. The van der Waals surface area contributed by atoms with Crippen LogP contribution in [0.15, 0.2) is 29.6 Å². The van der Waals surface area contributed by atoms with Crippen LogP contribution in [0.2, 0.25) is 0 Å². The minimum atomic E-state index is 0.293. The molecule has 0 aromatic carbocycles. The number of nitrogens with zero attached hydrogens (tertiary/aromatic N) is 1. The van der Waals surface area contributed by atoms with Gasteiger partial charge in [-0.05, 0) is 31.4 Å². The van der Waals surface area contributed by atoms with E-state index in [4.69, 9.17) is 11.6 Å². The lowest BCUT2D eigenvalue weighted by Crippen LogP contribution is -2.00.